The molecule has 0 aliphatic rings. The van der Waals surface area contributed by atoms with Crippen LogP contribution in [0.3, 0.4) is 0 Å². The first-order valence-corrected chi connectivity index (χ1v) is 10.3. The van der Waals surface area contributed by atoms with Crippen LogP contribution in [-0.2, 0) is 16.4 Å². The van der Waals surface area contributed by atoms with E-state index in [2.05, 4.69) is 25.6 Å². The molecule has 0 bridgehead atoms. The van der Waals surface area contributed by atoms with Crippen molar-refractivity contribution >= 4 is 47.5 Å². The molecule has 0 saturated heterocycles. The smallest absolute Gasteiger partial charge is 0.244 e. The van der Waals surface area contributed by atoms with Gasteiger partial charge in [-0.2, -0.15) is 0 Å². The number of methoxy groups -OCH3 is 1. The highest BCUT2D eigenvalue weighted by Gasteiger charge is 2.19. The lowest BCUT2D eigenvalue weighted by atomic mass is 10.3. The second-order valence-corrected chi connectivity index (χ2v) is 8.78. The maximum Gasteiger partial charge on any atom is 0.244 e. The first-order chi connectivity index (χ1) is 11.5. The van der Waals surface area contributed by atoms with Gasteiger partial charge in [-0.25, -0.2) is 18.1 Å². The van der Waals surface area contributed by atoms with Gasteiger partial charge in [-0.1, -0.05) is 28.1 Å². The Labute approximate surface area is 152 Å². The highest BCUT2D eigenvalue weighted by Crippen LogP contribution is 2.27. The number of halogens is 1. The zero-order valence-electron chi connectivity index (χ0n) is 12.8. The Balaban J connectivity index is 1.72. The molecular weight excluding hydrogens is 412 g/mol. The van der Waals surface area contributed by atoms with E-state index in [4.69, 9.17) is 4.74 Å². The Kier molecular flexibility index (Phi) is 5.19. The third-order valence-electron chi connectivity index (χ3n) is 3.38. The number of nitrogens with zero attached hydrogens (tertiary/aromatic N) is 1. The number of rotatable bonds is 6. The molecule has 1 aromatic heterocycles. The molecule has 8 heteroatoms. The normalized spacial score (nSPS) is 11.8. The minimum atomic E-state index is -3.65. The van der Waals surface area contributed by atoms with E-state index < -0.39 is 10.0 Å². The Morgan fingerprint density at radius 1 is 1.25 bits per heavy atom. The van der Waals surface area contributed by atoms with E-state index in [-0.39, 0.29) is 11.4 Å². The molecule has 0 amide bonds. The van der Waals surface area contributed by atoms with Crippen LogP contribution in [0.5, 0.6) is 5.75 Å². The summed E-state index contributed by atoms with van der Waals surface area (Å²) in [5.74, 6) is 0.311. The molecule has 0 unspecified atom stereocenters. The lowest BCUT2D eigenvalue weighted by Gasteiger charge is -2.10. The van der Waals surface area contributed by atoms with E-state index in [0.29, 0.717) is 16.6 Å². The van der Waals surface area contributed by atoms with Crippen molar-refractivity contribution in [2.24, 2.45) is 0 Å². The number of fused-ring (bicyclic) bond motifs is 1. The molecule has 1 N–H and O–H groups in total. The summed E-state index contributed by atoms with van der Waals surface area (Å²) in [5, 5.41) is 0.903. The van der Waals surface area contributed by atoms with E-state index >= 15 is 0 Å². The molecule has 24 heavy (non-hydrogen) atoms. The summed E-state index contributed by atoms with van der Waals surface area (Å²) in [6.45, 7) is 0.276. The van der Waals surface area contributed by atoms with Gasteiger partial charge in [-0.05, 0) is 30.3 Å². The molecule has 0 atom stereocenters. The maximum atomic E-state index is 12.5. The highest BCUT2D eigenvalue weighted by atomic mass is 79.9. The van der Waals surface area contributed by atoms with Gasteiger partial charge in [0.05, 0.1) is 22.3 Å². The molecule has 3 aromatic rings. The summed E-state index contributed by atoms with van der Waals surface area (Å²) in [6, 6.07) is 12.7. The van der Waals surface area contributed by atoms with Gasteiger partial charge in [-0.3, -0.25) is 0 Å². The third kappa shape index (κ3) is 3.77. The van der Waals surface area contributed by atoms with E-state index in [1.54, 1.807) is 23.5 Å². The van der Waals surface area contributed by atoms with Crippen LogP contribution < -0.4 is 9.46 Å². The van der Waals surface area contributed by atoms with Crippen LogP contribution in [0.2, 0.25) is 0 Å². The van der Waals surface area contributed by atoms with Crippen molar-refractivity contribution in [1.29, 1.82) is 0 Å². The van der Waals surface area contributed by atoms with Gasteiger partial charge in [0.1, 0.15) is 10.6 Å². The number of aromatic nitrogens is 1. The minimum absolute atomic E-state index is 0.115. The van der Waals surface area contributed by atoms with Crippen LogP contribution in [-0.4, -0.2) is 27.1 Å². The predicted octanol–water partition coefficient (Wildman–Crippen LogP) is 3.59. The SMILES string of the molecule is COc1ccc(Br)cc1S(=O)(=O)NCCc1nc2ccccc2s1. The predicted molar refractivity (Wildman–Crippen MR) is 99.2 cm³/mol. The van der Waals surface area contributed by atoms with Crippen molar-refractivity contribution in [3.63, 3.8) is 0 Å². The van der Waals surface area contributed by atoms with Crippen molar-refractivity contribution in [3.8, 4) is 5.75 Å². The van der Waals surface area contributed by atoms with Crippen LogP contribution in [0, 0.1) is 0 Å². The van der Waals surface area contributed by atoms with E-state index in [1.165, 1.54) is 13.2 Å². The van der Waals surface area contributed by atoms with Gasteiger partial charge in [0.25, 0.3) is 0 Å². The van der Waals surface area contributed by atoms with Crippen molar-refractivity contribution in [2.75, 3.05) is 13.7 Å². The summed E-state index contributed by atoms with van der Waals surface area (Å²) < 4.78 is 34.5. The average molecular weight is 427 g/mol. The Morgan fingerprint density at radius 2 is 2.04 bits per heavy atom. The number of para-hydroxylation sites is 1. The molecule has 0 radical (unpaired) electrons. The molecule has 2 aromatic carbocycles. The number of thiazole rings is 1. The van der Waals surface area contributed by atoms with E-state index in [0.717, 1.165) is 15.2 Å². The topological polar surface area (TPSA) is 68.3 Å². The van der Waals surface area contributed by atoms with Crippen LogP contribution in [0.4, 0.5) is 0 Å². The van der Waals surface area contributed by atoms with Gasteiger partial charge in [0.2, 0.25) is 10.0 Å². The second-order valence-electron chi connectivity index (χ2n) is 5.02. The number of sulfonamides is 1. The zero-order valence-corrected chi connectivity index (χ0v) is 16.0. The standard InChI is InChI=1S/C16H15BrN2O3S2/c1-22-13-7-6-11(17)10-15(13)24(20,21)18-9-8-16-19-12-4-2-3-5-14(12)23-16/h2-7,10,18H,8-9H2,1H3. The number of hydrogen-bond acceptors (Lipinski definition) is 5. The van der Waals surface area contributed by atoms with Crippen LogP contribution in [0.25, 0.3) is 10.2 Å². The molecule has 5 nitrogen and oxygen atoms in total. The van der Waals surface area contributed by atoms with Crippen LogP contribution in [0.1, 0.15) is 5.01 Å². The van der Waals surface area contributed by atoms with Crippen LogP contribution >= 0.6 is 27.3 Å². The van der Waals surface area contributed by atoms with Crippen LogP contribution in [0.15, 0.2) is 51.8 Å². The first-order valence-electron chi connectivity index (χ1n) is 7.17. The molecule has 3 rings (SSSR count). The van der Waals surface area contributed by atoms with Gasteiger partial charge in [0.15, 0.2) is 0 Å². The largest absolute Gasteiger partial charge is 0.495 e. The average Bonchev–Trinajstić information content (AvgIpc) is 2.97. The molecule has 0 aliphatic heterocycles. The van der Waals surface area contributed by atoms with Crippen molar-refractivity contribution in [1.82, 2.24) is 9.71 Å². The summed E-state index contributed by atoms with van der Waals surface area (Å²) >= 11 is 4.86. The fraction of sp³-hybridized carbons (Fsp3) is 0.188. The lowest BCUT2D eigenvalue weighted by molar-refractivity contribution is 0.402. The maximum absolute atomic E-state index is 12.5. The van der Waals surface area contributed by atoms with Gasteiger partial charge < -0.3 is 4.74 Å². The molecule has 0 fully saturated rings. The van der Waals surface area contributed by atoms with Gasteiger partial charge in [0, 0.05) is 17.4 Å². The Morgan fingerprint density at radius 3 is 2.79 bits per heavy atom. The fourth-order valence-corrected chi connectivity index (χ4v) is 4.96. The number of hydrogen-bond donors (Lipinski definition) is 1. The van der Waals surface area contributed by atoms with Gasteiger partial charge in [-0.15, -0.1) is 11.3 Å². The zero-order chi connectivity index (χ0) is 17.2. The number of ether oxygens (including phenoxy) is 1. The second kappa shape index (κ2) is 7.18. The fourth-order valence-electron chi connectivity index (χ4n) is 2.26. The Hall–Kier alpha value is -1.48. The van der Waals surface area contributed by atoms with Crippen molar-refractivity contribution in [2.45, 2.75) is 11.3 Å². The number of benzene rings is 2. The highest BCUT2D eigenvalue weighted by molar-refractivity contribution is 9.10. The van der Waals surface area contributed by atoms with Crippen molar-refractivity contribution < 1.29 is 13.2 Å². The van der Waals surface area contributed by atoms with Crippen molar-refractivity contribution in [3.05, 3.63) is 51.9 Å². The number of nitrogens with one attached hydrogen (secondary N) is 1. The quantitative estimate of drug-likeness (QED) is 0.653. The Bertz CT molecular complexity index is 937. The monoisotopic (exact) mass is 426 g/mol. The summed E-state index contributed by atoms with van der Waals surface area (Å²) in [4.78, 5) is 4.62. The molecule has 1 heterocycles. The minimum Gasteiger partial charge on any atom is -0.495 e. The molecule has 126 valence electrons. The third-order valence-corrected chi connectivity index (χ3v) is 6.46. The van der Waals surface area contributed by atoms with Gasteiger partial charge >= 0.3 is 0 Å². The van der Waals surface area contributed by atoms with E-state index in [9.17, 15) is 8.42 Å². The molecule has 0 aliphatic carbocycles. The summed E-state index contributed by atoms with van der Waals surface area (Å²) in [5.41, 5.74) is 0.939. The van der Waals surface area contributed by atoms with E-state index in [1.807, 2.05) is 24.3 Å². The lowest BCUT2D eigenvalue weighted by Crippen LogP contribution is -2.26. The summed E-state index contributed by atoms with van der Waals surface area (Å²) in [7, 11) is -2.21. The molecule has 0 saturated carbocycles. The first kappa shape index (κ1) is 17.3. The molecule has 0 spiro atoms. The molecular formula is C16H15BrN2O3S2. The summed E-state index contributed by atoms with van der Waals surface area (Å²) in [6.07, 6.45) is 0.537.